The van der Waals surface area contributed by atoms with E-state index in [1.807, 2.05) is 42.8 Å². The van der Waals surface area contributed by atoms with Crippen LogP contribution in [-0.4, -0.2) is 21.7 Å². The summed E-state index contributed by atoms with van der Waals surface area (Å²) in [6.45, 7) is 1.90. The lowest BCUT2D eigenvalue weighted by Gasteiger charge is -2.02. The summed E-state index contributed by atoms with van der Waals surface area (Å²) >= 11 is 0. The molecule has 0 aliphatic rings. The van der Waals surface area contributed by atoms with E-state index in [0.717, 1.165) is 16.5 Å². The van der Waals surface area contributed by atoms with Crippen molar-refractivity contribution in [3.63, 3.8) is 0 Å². The molecule has 0 spiro atoms. The van der Waals surface area contributed by atoms with E-state index < -0.39 is 7.12 Å². The Labute approximate surface area is 82.7 Å². The van der Waals surface area contributed by atoms with Crippen molar-refractivity contribution in [2.75, 3.05) is 0 Å². The van der Waals surface area contributed by atoms with Crippen LogP contribution in [0.2, 0.25) is 0 Å². The van der Waals surface area contributed by atoms with Crippen molar-refractivity contribution in [3.05, 3.63) is 29.8 Å². The molecule has 0 fully saturated rings. The van der Waals surface area contributed by atoms with Gasteiger partial charge in [-0.15, -0.1) is 0 Å². The minimum absolute atomic E-state index is 0.561. The predicted molar refractivity (Wildman–Crippen MR) is 57.5 cm³/mol. The lowest BCUT2D eigenvalue weighted by Crippen LogP contribution is -2.36. The molecule has 0 saturated carbocycles. The normalized spacial score (nSPS) is 10.9. The molecule has 2 N–H and O–H groups in total. The van der Waals surface area contributed by atoms with Crippen LogP contribution in [0, 0.1) is 6.92 Å². The van der Waals surface area contributed by atoms with Gasteiger partial charge in [-0.3, -0.25) is 0 Å². The molecule has 2 aromatic rings. The maximum atomic E-state index is 9.22. The van der Waals surface area contributed by atoms with Crippen LogP contribution in [0.5, 0.6) is 0 Å². The van der Waals surface area contributed by atoms with Crippen LogP contribution in [0.4, 0.5) is 0 Å². The van der Waals surface area contributed by atoms with Gasteiger partial charge >= 0.3 is 7.12 Å². The van der Waals surface area contributed by atoms with Gasteiger partial charge in [-0.25, -0.2) is 0 Å². The van der Waals surface area contributed by atoms with Gasteiger partial charge in [0.15, 0.2) is 0 Å². The molecule has 2 rings (SSSR count). The first-order chi connectivity index (χ1) is 6.63. The monoisotopic (exact) mass is 189 g/mol. The molecule has 0 unspecified atom stereocenters. The van der Waals surface area contributed by atoms with Gasteiger partial charge in [-0.1, -0.05) is 18.2 Å². The lowest BCUT2D eigenvalue weighted by atomic mass is 9.83. The van der Waals surface area contributed by atoms with Crippen molar-refractivity contribution in [1.82, 2.24) is 4.57 Å². The predicted octanol–water partition coefficient (Wildman–Crippen LogP) is 0.167. The van der Waals surface area contributed by atoms with E-state index in [0.29, 0.717) is 5.59 Å². The van der Waals surface area contributed by atoms with E-state index in [-0.39, 0.29) is 0 Å². The highest BCUT2D eigenvalue weighted by Crippen LogP contribution is 2.17. The summed E-state index contributed by atoms with van der Waals surface area (Å²) in [5, 5.41) is 19.5. The Hall–Kier alpha value is -1.26. The highest BCUT2D eigenvalue weighted by Gasteiger charge is 2.21. The van der Waals surface area contributed by atoms with Gasteiger partial charge < -0.3 is 14.6 Å². The highest BCUT2D eigenvalue weighted by atomic mass is 16.4. The van der Waals surface area contributed by atoms with E-state index in [4.69, 9.17) is 0 Å². The molecule has 0 aliphatic carbocycles. The smallest absolute Gasteiger partial charge is 0.422 e. The Bertz CT molecular complexity index is 437. The molecule has 1 aromatic heterocycles. The number of aryl methyl sites for hydroxylation is 2. The SMILES string of the molecule is Cc1c(B(O)O)n(C)c2ccccc12. The molecule has 0 bridgehead atoms. The lowest BCUT2D eigenvalue weighted by molar-refractivity contribution is 0.422. The van der Waals surface area contributed by atoms with Crippen LogP contribution in [-0.2, 0) is 7.05 Å². The average Bonchev–Trinajstić information content (AvgIpc) is 2.41. The largest absolute Gasteiger partial charge is 0.506 e. The summed E-state index contributed by atoms with van der Waals surface area (Å²) in [4.78, 5) is 0. The first kappa shape index (κ1) is 9.31. The molecule has 14 heavy (non-hydrogen) atoms. The summed E-state index contributed by atoms with van der Waals surface area (Å²) in [5.41, 5.74) is 2.51. The number of para-hydroxylation sites is 1. The van der Waals surface area contributed by atoms with Gasteiger partial charge in [0.1, 0.15) is 0 Å². The molecule has 0 saturated heterocycles. The Kier molecular flexibility index (Phi) is 2.09. The highest BCUT2D eigenvalue weighted by molar-refractivity contribution is 6.59. The van der Waals surface area contributed by atoms with Crippen LogP contribution >= 0.6 is 0 Å². The number of rotatable bonds is 1. The van der Waals surface area contributed by atoms with E-state index in [1.165, 1.54) is 0 Å². The van der Waals surface area contributed by atoms with Gasteiger partial charge in [0, 0.05) is 18.0 Å². The van der Waals surface area contributed by atoms with Crippen LogP contribution in [0.25, 0.3) is 10.9 Å². The second kappa shape index (κ2) is 3.15. The van der Waals surface area contributed by atoms with Gasteiger partial charge in [0.05, 0.1) is 5.59 Å². The third-order valence-electron chi connectivity index (χ3n) is 2.66. The maximum absolute atomic E-state index is 9.22. The number of fused-ring (bicyclic) bond motifs is 1. The molecular weight excluding hydrogens is 177 g/mol. The topological polar surface area (TPSA) is 45.4 Å². The minimum Gasteiger partial charge on any atom is -0.422 e. The van der Waals surface area contributed by atoms with Crippen molar-refractivity contribution < 1.29 is 10.0 Å². The Balaban J connectivity index is 2.85. The molecule has 4 heteroatoms. The molecule has 0 amide bonds. The van der Waals surface area contributed by atoms with Crippen molar-refractivity contribution >= 4 is 23.6 Å². The average molecular weight is 189 g/mol. The number of benzene rings is 1. The van der Waals surface area contributed by atoms with Crippen molar-refractivity contribution in [2.24, 2.45) is 7.05 Å². The van der Waals surface area contributed by atoms with Crippen LogP contribution in [0.1, 0.15) is 5.56 Å². The molecule has 1 aromatic carbocycles. The Morgan fingerprint density at radius 1 is 1.21 bits per heavy atom. The molecule has 0 aliphatic heterocycles. The zero-order valence-electron chi connectivity index (χ0n) is 8.23. The van der Waals surface area contributed by atoms with E-state index in [2.05, 4.69) is 0 Å². The van der Waals surface area contributed by atoms with Gasteiger partial charge in [0.2, 0.25) is 0 Å². The molecule has 72 valence electrons. The van der Waals surface area contributed by atoms with Gasteiger partial charge in [0.25, 0.3) is 0 Å². The molecule has 0 radical (unpaired) electrons. The molecule has 1 heterocycles. The molecule has 3 nitrogen and oxygen atoms in total. The number of hydrogen-bond donors (Lipinski definition) is 2. The zero-order valence-corrected chi connectivity index (χ0v) is 8.23. The van der Waals surface area contributed by atoms with E-state index >= 15 is 0 Å². The van der Waals surface area contributed by atoms with Gasteiger partial charge in [-0.05, 0) is 18.6 Å². The fourth-order valence-electron chi connectivity index (χ4n) is 1.97. The van der Waals surface area contributed by atoms with Crippen LogP contribution < -0.4 is 5.59 Å². The standard InChI is InChI=1S/C10H12BNO2/c1-7-8-5-3-4-6-9(8)12(2)10(7)11(13)14/h3-6,13-14H,1-2H3. The first-order valence-electron chi connectivity index (χ1n) is 4.53. The minimum atomic E-state index is -1.41. The maximum Gasteiger partial charge on any atom is 0.506 e. The summed E-state index contributed by atoms with van der Waals surface area (Å²) in [6, 6.07) is 7.84. The van der Waals surface area contributed by atoms with Crippen molar-refractivity contribution in [2.45, 2.75) is 6.92 Å². The molecular formula is C10H12BNO2. The number of nitrogens with zero attached hydrogens (tertiary/aromatic N) is 1. The second-order valence-electron chi connectivity index (χ2n) is 3.46. The van der Waals surface area contributed by atoms with Crippen molar-refractivity contribution in [3.8, 4) is 0 Å². The number of hydrogen-bond acceptors (Lipinski definition) is 2. The van der Waals surface area contributed by atoms with Crippen LogP contribution in [0.15, 0.2) is 24.3 Å². The first-order valence-corrected chi connectivity index (χ1v) is 4.53. The third kappa shape index (κ3) is 1.15. The fraction of sp³-hybridized carbons (Fsp3) is 0.200. The summed E-state index contributed by atoms with van der Waals surface area (Å²) in [7, 11) is 0.428. The number of aromatic nitrogens is 1. The quantitative estimate of drug-likeness (QED) is 0.628. The van der Waals surface area contributed by atoms with Crippen molar-refractivity contribution in [1.29, 1.82) is 0 Å². The summed E-state index contributed by atoms with van der Waals surface area (Å²) < 4.78 is 1.81. The third-order valence-corrected chi connectivity index (χ3v) is 2.66. The fourth-order valence-corrected chi connectivity index (χ4v) is 1.97. The van der Waals surface area contributed by atoms with E-state index in [9.17, 15) is 10.0 Å². The zero-order chi connectivity index (χ0) is 10.3. The van der Waals surface area contributed by atoms with Crippen LogP contribution in [0.3, 0.4) is 0 Å². The molecule has 0 atom stereocenters. The second-order valence-corrected chi connectivity index (χ2v) is 3.46. The summed E-state index contributed by atoms with van der Waals surface area (Å²) in [6.07, 6.45) is 0. The Morgan fingerprint density at radius 2 is 1.86 bits per heavy atom. The Morgan fingerprint density at radius 3 is 2.43 bits per heavy atom. The summed E-state index contributed by atoms with van der Waals surface area (Å²) in [5.74, 6) is 0. The van der Waals surface area contributed by atoms with E-state index in [1.54, 1.807) is 0 Å². The van der Waals surface area contributed by atoms with Gasteiger partial charge in [-0.2, -0.15) is 0 Å².